The second-order valence-electron chi connectivity index (χ2n) is 3.11. The third-order valence-electron chi connectivity index (χ3n) is 2.13. The minimum atomic E-state index is -1.16. The Morgan fingerprint density at radius 3 is 2.56 bits per heavy atom. The molecule has 1 aliphatic heterocycles. The lowest BCUT2D eigenvalue weighted by Gasteiger charge is -2.14. The fourth-order valence-corrected chi connectivity index (χ4v) is 2.14. The molecule has 0 aliphatic carbocycles. The van der Waals surface area contributed by atoms with Gasteiger partial charge in [-0.15, -0.1) is 0 Å². The third-order valence-corrected chi connectivity index (χ3v) is 2.95. The number of thioether (sulfide) groups is 1. The van der Waals surface area contributed by atoms with Gasteiger partial charge < -0.3 is 5.11 Å². The van der Waals surface area contributed by atoms with E-state index >= 15 is 0 Å². The van der Waals surface area contributed by atoms with E-state index in [9.17, 15) is 14.4 Å². The molecule has 0 spiro atoms. The quantitative estimate of drug-likeness (QED) is 0.845. The maximum absolute atomic E-state index is 11.5. The van der Waals surface area contributed by atoms with Crippen LogP contribution in [0, 0.1) is 0 Å². The van der Waals surface area contributed by atoms with Gasteiger partial charge in [0.2, 0.25) is 5.91 Å². The van der Waals surface area contributed by atoms with E-state index in [-0.39, 0.29) is 22.9 Å². The van der Waals surface area contributed by atoms with E-state index in [0.717, 1.165) is 16.7 Å². The standard InChI is InChI=1S/C10H7NO4S/c12-8-5-16-10(15)11(8)7-4-2-1-3-6(7)9(13)14/h1-4H,5H2,(H,13,14). The fourth-order valence-electron chi connectivity index (χ4n) is 1.44. The van der Waals surface area contributed by atoms with Crippen molar-refractivity contribution in [2.45, 2.75) is 0 Å². The van der Waals surface area contributed by atoms with Crippen LogP contribution in [0.5, 0.6) is 0 Å². The molecule has 1 fully saturated rings. The molecule has 0 aromatic heterocycles. The van der Waals surface area contributed by atoms with Gasteiger partial charge in [0.25, 0.3) is 5.24 Å². The Hall–Kier alpha value is -1.82. The lowest BCUT2D eigenvalue weighted by atomic mass is 10.1. The van der Waals surface area contributed by atoms with Crippen LogP contribution >= 0.6 is 11.8 Å². The maximum atomic E-state index is 11.5. The molecular weight excluding hydrogens is 230 g/mol. The highest BCUT2D eigenvalue weighted by Crippen LogP contribution is 2.29. The summed E-state index contributed by atoms with van der Waals surface area (Å²) in [4.78, 5) is 34.7. The smallest absolute Gasteiger partial charge is 0.337 e. The molecule has 0 unspecified atom stereocenters. The number of hydrogen-bond acceptors (Lipinski definition) is 4. The first-order chi connectivity index (χ1) is 7.61. The van der Waals surface area contributed by atoms with Crippen molar-refractivity contribution < 1.29 is 19.5 Å². The molecule has 1 aromatic carbocycles. The summed E-state index contributed by atoms with van der Waals surface area (Å²) >= 11 is 0.873. The number of carbonyl (C=O) groups excluding carboxylic acids is 2. The molecule has 6 heteroatoms. The highest BCUT2D eigenvalue weighted by molar-refractivity contribution is 8.15. The number of carbonyl (C=O) groups is 3. The number of carboxylic acid groups (broad SMARTS) is 1. The van der Waals surface area contributed by atoms with Gasteiger partial charge in [0.1, 0.15) is 0 Å². The Labute approximate surface area is 95.0 Å². The lowest BCUT2D eigenvalue weighted by Crippen LogP contribution is -2.29. The van der Waals surface area contributed by atoms with Crippen molar-refractivity contribution in [3.63, 3.8) is 0 Å². The summed E-state index contributed by atoms with van der Waals surface area (Å²) in [5.41, 5.74) is 0.0849. The fraction of sp³-hybridized carbons (Fsp3) is 0.100. The highest BCUT2D eigenvalue weighted by atomic mass is 32.2. The Morgan fingerprint density at radius 2 is 2.00 bits per heavy atom. The number of rotatable bonds is 2. The number of benzene rings is 1. The van der Waals surface area contributed by atoms with Gasteiger partial charge in [0.05, 0.1) is 17.0 Å². The molecule has 1 N–H and O–H groups in total. The number of hydrogen-bond donors (Lipinski definition) is 1. The van der Waals surface area contributed by atoms with Crippen LogP contribution in [0.15, 0.2) is 24.3 Å². The Balaban J connectivity index is 2.51. The van der Waals surface area contributed by atoms with Crippen LogP contribution in [0.1, 0.15) is 10.4 Å². The minimum Gasteiger partial charge on any atom is -0.478 e. The van der Waals surface area contributed by atoms with E-state index in [0.29, 0.717) is 0 Å². The van der Waals surface area contributed by atoms with Crippen molar-refractivity contribution in [2.24, 2.45) is 0 Å². The molecule has 0 bridgehead atoms. The summed E-state index contributed by atoms with van der Waals surface area (Å²) in [5.74, 6) is -1.48. The van der Waals surface area contributed by atoms with E-state index in [1.165, 1.54) is 12.1 Å². The number of amides is 2. The summed E-state index contributed by atoms with van der Waals surface area (Å²) < 4.78 is 0. The summed E-state index contributed by atoms with van der Waals surface area (Å²) in [5, 5.41) is 8.51. The van der Waals surface area contributed by atoms with Gasteiger partial charge >= 0.3 is 5.97 Å². The number of para-hydroxylation sites is 1. The predicted octanol–water partition coefficient (Wildman–Crippen LogP) is 1.58. The minimum absolute atomic E-state index is 0.0494. The lowest BCUT2D eigenvalue weighted by molar-refractivity contribution is -0.115. The van der Waals surface area contributed by atoms with Gasteiger partial charge in [-0.3, -0.25) is 9.59 Å². The Bertz CT molecular complexity index is 469. The zero-order chi connectivity index (χ0) is 11.7. The molecule has 1 saturated heterocycles. The SMILES string of the molecule is O=C(O)c1ccccc1N1C(=O)CSC1=O. The zero-order valence-corrected chi connectivity index (χ0v) is 8.86. The van der Waals surface area contributed by atoms with E-state index in [1.54, 1.807) is 12.1 Å². The molecule has 16 heavy (non-hydrogen) atoms. The topological polar surface area (TPSA) is 74.7 Å². The summed E-state index contributed by atoms with van der Waals surface area (Å²) in [7, 11) is 0. The average molecular weight is 237 g/mol. The van der Waals surface area contributed by atoms with Crippen LogP contribution in [0.25, 0.3) is 0 Å². The molecule has 0 saturated carbocycles. The van der Waals surface area contributed by atoms with Gasteiger partial charge in [-0.1, -0.05) is 23.9 Å². The largest absolute Gasteiger partial charge is 0.478 e. The second kappa shape index (κ2) is 3.97. The van der Waals surface area contributed by atoms with Crippen molar-refractivity contribution in [2.75, 3.05) is 10.7 Å². The molecule has 82 valence electrons. The first-order valence-corrected chi connectivity index (χ1v) is 5.42. The van der Waals surface area contributed by atoms with Gasteiger partial charge in [0, 0.05) is 0 Å². The first kappa shape index (κ1) is 10.7. The summed E-state index contributed by atoms with van der Waals surface area (Å²) in [6.07, 6.45) is 0. The molecule has 2 rings (SSSR count). The van der Waals surface area contributed by atoms with Gasteiger partial charge in [-0.25, -0.2) is 9.69 Å². The first-order valence-electron chi connectivity index (χ1n) is 4.43. The van der Waals surface area contributed by atoms with E-state index < -0.39 is 11.2 Å². The molecule has 0 radical (unpaired) electrons. The number of aromatic carboxylic acids is 1. The van der Waals surface area contributed by atoms with Gasteiger partial charge in [-0.05, 0) is 12.1 Å². The van der Waals surface area contributed by atoms with E-state index in [4.69, 9.17) is 5.11 Å². The van der Waals surface area contributed by atoms with Crippen molar-refractivity contribution in [3.05, 3.63) is 29.8 Å². The molecule has 2 amide bonds. The molecular formula is C10H7NO4S. The van der Waals surface area contributed by atoms with Crippen LogP contribution in [0.3, 0.4) is 0 Å². The van der Waals surface area contributed by atoms with Crippen molar-refractivity contribution in [1.29, 1.82) is 0 Å². The Morgan fingerprint density at radius 1 is 1.31 bits per heavy atom. The second-order valence-corrected chi connectivity index (χ2v) is 4.03. The van der Waals surface area contributed by atoms with Crippen molar-refractivity contribution in [1.82, 2.24) is 0 Å². The number of carboxylic acids is 1. The highest BCUT2D eigenvalue weighted by Gasteiger charge is 2.33. The van der Waals surface area contributed by atoms with Crippen molar-refractivity contribution in [3.8, 4) is 0 Å². The average Bonchev–Trinajstić information content (AvgIpc) is 2.58. The van der Waals surface area contributed by atoms with Crippen LogP contribution in [-0.2, 0) is 4.79 Å². The number of imide groups is 1. The van der Waals surface area contributed by atoms with E-state index in [1.807, 2.05) is 0 Å². The summed E-state index contributed by atoms with van der Waals surface area (Å²) in [6, 6.07) is 5.95. The van der Waals surface area contributed by atoms with Crippen LogP contribution in [-0.4, -0.2) is 28.0 Å². The van der Waals surface area contributed by atoms with Crippen molar-refractivity contribution >= 4 is 34.6 Å². The molecule has 0 atom stereocenters. The molecule has 1 heterocycles. The number of anilines is 1. The van der Waals surface area contributed by atoms with E-state index in [2.05, 4.69) is 0 Å². The van der Waals surface area contributed by atoms with Crippen LogP contribution in [0.2, 0.25) is 0 Å². The molecule has 1 aromatic rings. The van der Waals surface area contributed by atoms with Gasteiger partial charge in [-0.2, -0.15) is 0 Å². The molecule has 5 nitrogen and oxygen atoms in total. The maximum Gasteiger partial charge on any atom is 0.337 e. The normalized spacial score (nSPS) is 15.6. The van der Waals surface area contributed by atoms with Crippen LogP contribution in [0.4, 0.5) is 10.5 Å². The molecule has 1 aliphatic rings. The zero-order valence-electron chi connectivity index (χ0n) is 8.04. The van der Waals surface area contributed by atoms with Crippen LogP contribution < -0.4 is 4.90 Å². The third kappa shape index (κ3) is 1.67. The number of nitrogens with zero attached hydrogens (tertiary/aromatic N) is 1. The Kier molecular flexibility index (Phi) is 2.66. The van der Waals surface area contributed by atoms with Gasteiger partial charge in [0.15, 0.2) is 0 Å². The monoisotopic (exact) mass is 237 g/mol. The summed E-state index contributed by atoms with van der Waals surface area (Å²) in [6.45, 7) is 0. The predicted molar refractivity (Wildman–Crippen MR) is 58.7 cm³/mol.